The minimum atomic E-state index is -0.595. The number of hydrogen-bond acceptors (Lipinski definition) is 2. The molecule has 0 fully saturated rings. The van der Waals surface area contributed by atoms with Gasteiger partial charge in [0, 0.05) is 17.1 Å². The van der Waals surface area contributed by atoms with Crippen LogP contribution in [0.5, 0.6) is 0 Å². The smallest absolute Gasteiger partial charge is 0.237 e. The topological polar surface area (TPSA) is 37.4 Å². The third kappa shape index (κ3) is 2.91. The highest BCUT2D eigenvalue weighted by Gasteiger charge is 2.30. The minimum absolute atomic E-state index is 0.0323. The molecule has 0 saturated heterocycles. The maximum Gasteiger partial charge on any atom is 0.237 e. The summed E-state index contributed by atoms with van der Waals surface area (Å²) < 4.78 is 14.0. The number of nitrogens with zero attached hydrogens (tertiary/aromatic N) is 1. The number of hydrogen-bond donors (Lipinski definition) is 0. The largest absolute Gasteiger partial charge is 0.310 e. The summed E-state index contributed by atoms with van der Waals surface area (Å²) in [5, 5.41) is 0.555. The number of alkyl halides is 1. The number of benzene rings is 2. The van der Waals surface area contributed by atoms with Crippen molar-refractivity contribution in [2.45, 2.75) is 6.42 Å². The molecule has 0 bridgehead atoms. The number of amides is 1. The van der Waals surface area contributed by atoms with Crippen molar-refractivity contribution in [2.24, 2.45) is 0 Å². The second kappa shape index (κ2) is 6.42. The number of ketones is 1. The molecule has 0 atom stereocenters. The van der Waals surface area contributed by atoms with E-state index in [-0.39, 0.29) is 22.4 Å². The number of carbonyl (C=O) groups is 2. The summed E-state index contributed by atoms with van der Waals surface area (Å²) in [6, 6.07) is 9.03. The molecule has 23 heavy (non-hydrogen) atoms. The lowest BCUT2D eigenvalue weighted by Crippen LogP contribution is -2.31. The van der Waals surface area contributed by atoms with E-state index in [4.69, 9.17) is 11.6 Å². The molecule has 0 saturated carbocycles. The molecule has 0 aromatic heterocycles. The predicted octanol–water partition coefficient (Wildman–Crippen LogP) is 3.99. The molecule has 2 aromatic rings. The quantitative estimate of drug-likeness (QED) is 0.581. The number of carbonyl (C=O) groups excluding carboxylic acids is 2. The van der Waals surface area contributed by atoms with Gasteiger partial charge in [0.1, 0.15) is 5.82 Å². The first-order chi connectivity index (χ1) is 11.0. The van der Waals surface area contributed by atoms with E-state index < -0.39 is 11.6 Å². The van der Waals surface area contributed by atoms with Gasteiger partial charge in [0.05, 0.1) is 16.6 Å². The van der Waals surface area contributed by atoms with Crippen LogP contribution in [0.1, 0.15) is 21.5 Å². The van der Waals surface area contributed by atoms with E-state index >= 15 is 0 Å². The van der Waals surface area contributed by atoms with Crippen molar-refractivity contribution in [1.82, 2.24) is 0 Å². The molecule has 0 N–H and O–H groups in total. The molecule has 0 unspecified atom stereocenters. The molecule has 3 rings (SSSR count). The Bertz CT molecular complexity index is 809. The van der Waals surface area contributed by atoms with Crippen LogP contribution in [0.2, 0.25) is 5.02 Å². The van der Waals surface area contributed by atoms with Gasteiger partial charge in [-0.3, -0.25) is 9.59 Å². The van der Waals surface area contributed by atoms with Crippen molar-refractivity contribution in [3.05, 3.63) is 63.9 Å². The van der Waals surface area contributed by atoms with E-state index in [2.05, 4.69) is 15.9 Å². The molecule has 118 valence electrons. The van der Waals surface area contributed by atoms with Crippen molar-refractivity contribution in [1.29, 1.82) is 0 Å². The first-order valence-electron chi connectivity index (χ1n) is 7.01. The molecule has 1 aliphatic heterocycles. The summed E-state index contributed by atoms with van der Waals surface area (Å²) in [7, 11) is 0. The molecular weight excluding hydrogens is 385 g/mol. The normalized spacial score (nSPS) is 13.1. The SMILES string of the molecule is O=C(c1ccccc1F)c1cc(Cl)cc2c1N(C(=O)CBr)CC2. The Labute approximate surface area is 146 Å². The van der Waals surface area contributed by atoms with Gasteiger partial charge in [0.2, 0.25) is 5.91 Å². The maximum atomic E-state index is 14.0. The monoisotopic (exact) mass is 395 g/mol. The zero-order valence-electron chi connectivity index (χ0n) is 12.0. The minimum Gasteiger partial charge on any atom is -0.310 e. The number of rotatable bonds is 3. The fraction of sp³-hybridized carbons (Fsp3) is 0.176. The standard InChI is InChI=1S/C17H12BrClFNO2/c18-9-15(22)21-6-5-10-7-11(19)8-13(16(10)21)17(23)12-3-1-2-4-14(12)20/h1-4,7-8H,5-6,9H2. The van der Waals surface area contributed by atoms with Crippen molar-refractivity contribution >= 4 is 44.9 Å². The van der Waals surface area contributed by atoms with E-state index in [0.29, 0.717) is 23.7 Å². The molecule has 0 radical (unpaired) electrons. The van der Waals surface area contributed by atoms with Gasteiger partial charge in [-0.25, -0.2) is 4.39 Å². The van der Waals surface area contributed by atoms with Gasteiger partial charge >= 0.3 is 0 Å². The molecule has 3 nitrogen and oxygen atoms in total. The average Bonchev–Trinajstić information content (AvgIpc) is 2.96. The highest BCUT2D eigenvalue weighted by atomic mass is 79.9. The Morgan fingerprint density at radius 1 is 1.22 bits per heavy atom. The fourth-order valence-electron chi connectivity index (χ4n) is 2.79. The zero-order valence-corrected chi connectivity index (χ0v) is 14.3. The van der Waals surface area contributed by atoms with Crippen LogP contribution in [0.15, 0.2) is 36.4 Å². The number of fused-ring (bicyclic) bond motifs is 1. The second-order valence-electron chi connectivity index (χ2n) is 5.20. The molecule has 1 heterocycles. The first kappa shape index (κ1) is 16.1. The van der Waals surface area contributed by atoms with E-state index in [1.165, 1.54) is 24.3 Å². The highest BCUT2D eigenvalue weighted by molar-refractivity contribution is 9.09. The van der Waals surface area contributed by atoms with Gasteiger partial charge < -0.3 is 4.90 Å². The summed E-state index contributed by atoms with van der Waals surface area (Å²) in [5.74, 6) is -1.22. The Hall–Kier alpha value is -1.72. The van der Waals surface area contributed by atoms with Crippen LogP contribution in [0.3, 0.4) is 0 Å². The van der Waals surface area contributed by atoms with Crippen LogP contribution in [-0.4, -0.2) is 23.6 Å². The van der Waals surface area contributed by atoms with Crippen LogP contribution in [0.4, 0.5) is 10.1 Å². The van der Waals surface area contributed by atoms with Crippen LogP contribution < -0.4 is 4.90 Å². The van der Waals surface area contributed by atoms with Crippen molar-refractivity contribution < 1.29 is 14.0 Å². The summed E-state index contributed by atoms with van der Waals surface area (Å²) in [6.45, 7) is 0.484. The Morgan fingerprint density at radius 3 is 2.65 bits per heavy atom. The average molecular weight is 397 g/mol. The number of halogens is 3. The Morgan fingerprint density at radius 2 is 1.96 bits per heavy atom. The molecular formula is C17H12BrClFNO2. The van der Waals surface area contributed by atoms with E-state index in [1.54, 1.807) is 17.0 Å². The lowest BCUT2D eigenvalue weighted by molar-refractivity contribution is -0.116. The van der Waals surface area contributed by atoms with Gasteiger partial charge in [0.15, 0.2) is 5.78 Å². The van der Waals surface area contributed by atoms with Crippen LogP contribution in [0, 0.1) is 5.82 Å². The van der Waals surface area contributed by atoms with Gasteiger partial charge in [-0.15, -0.1) is 0 Å². The fourth-order valence-corrected chi connectivity index (χ4v) is 3.34. The molecule has 2 aromatic carbocycles. The lowest BCUT2D eigenvalue weighted by atomic mass is 9.98. The molecule has 0 spiro atoms. The third-order valence-electron chi connectivity index (χ3n) is 3.81. The third-order valence-corrected chi connectivity index (χ3v) is 4.50. The summed E-state index contributed by atoms with van der Waals surface area (Å²) in [4.78, 5) is 26.4. The Balaban J connectivity index is 2.15. The number of anilines is 1. The summed E-state index contributed by atoms with van der Waals surface area (Å²) >= 11 is 9.25. The van der Waals surface area contributed by atoms with E-state index in [1.807, 2.05) is 0 Å². The molecule has 0 aliphatic carbocycles. The molecule has 1 amide bonds. The van der Waals surface area contributed by atoms with E-state index in [9.17, 15) is 14.0 Å². The predicted molar refractivity (Wildman–Crippen MR) is 91.1 cm³/mol. The highest BCUT2D eigenvalue weighted by Crippen LogP contribution is 2.36. The van der Waals surface area contributed by atoms with Gasteiger partial charge in [-0.2, -0.15) is 0 Å². The van der Waals surface area contributed by atoms with Gasteiger partial charge in [-0.05, 0) is 36.2 Å². The lowest BCUT2D eigenvalue weighted by Gasteiger charge is -2.19. The summed E-state index contributed by atoms with van der Waals surface area (Å²) in [6.07, 6.45) is 0.617. The van der Waals surface area contributed by atoms with Crippen LogP contribution in [-0.2, 0) is 11.2 Å². The second-order valence-corrected chi connectivity index (χ2v) is 6.20. The van der Waals surface area contributed by atoms with Crippen LogP contribution in [0.25, 0.3) is 0 Å². The maximum absolute atomic E-state index is 14.0. The van der Waals surface area contributed by atoms with Crippen molar-refractivity contribution in [2.75, 3.05) is 16.8 Å². The molecule has 1 aliphatic rings. The molecule has 6 heteroatoms. The van der Waals surface area contributed by atoms with Gasteiger partial charge in [-0.1, -0.05) is 39.7 Å². The van der Waals surface area contributed by atoms with E-state index in [0.717, 1.165) is 5.56 Å². The van der Waals surface area contributed by atoms with Gasteiger partial charge in [0.25, 0.3) is 0 Å². The van der Waals surface area contributed by atoms with Crippen LogP contribution >= 0.6 is 27.5 Å². The zero-order chi connectivity index (χ0) is 16.6. The Kier molecular flexibility index (Phi) is 4.50. The summed E-state index contributed by atoms with van der Waals surface area (Å²) in [5.41, 5.74) is 1.58. The van der Waals surface area contributed by atoms with Crippen molar-refractivity contribution in [3.8, 4) is 0 Å². The first-order valence-corrected chi connectivity index (χ1v) is 8.51. The van der Waals surface area contributed by atoms with Crippen molar-refractivity contribution in [3.63, 3.8) is 0 Å².